The molecule has 4 aromatic rings. The maximum Gasteiger partial charge on any atom is 0.234 e. The van der Waals surface area contributed by atoms with Gasteiger partial charge in [0.15, 0.2) is 0 Å². The zero-order valence-corrected chi connectivity index (χ0v) is 22.1. The van der Waals surface area contributed by atoms with Crippen molar-refractivity contribution >= 4 is 44.9 Å². The van der Waals surface area contributed by atoms with E-state index in [4.69, 9.17) is 14.8 Å². The summed E-state index contributed by atoms with van der Waals surface area (Å²) in [6.07, 6.45) is 0. The molecule has 1 aromatic heterocycles. The van der Waals surface area contributed by atoms with Crippen molar-refractivity contribution in [2.45, 2.75) is 33.1 Å². The molecule has 1 aliphatic rings. The molecule has 0 fully saturated rings. The molecule has 3 aromatic carbocycles. The number of aromatic nitrogens is 2. The largest absolute Gasteiger partial charge is 0.457 e. The van der Waals surface area contributed by atoms with Crippen molar-refractivity contribution in [1.82, 2.24) is 15.2 Å². The summed E-state index contributed by atoms with van der Waals surface area (Å²) in [4.78, 5) is 4.82. The van der Waals surface area contributed by atoms with Crippen molar-refractivity contribution in [3.8, 4) is 11.5 Å². The van der Waals surface area contributed by atoms with Gasteiger partial charge in [-0.15, -0.1) is 10.2 Å². The second-order valence-electron chi connectivity index (χ2n) is 8.38. The van der Waals surface area contributed by atoms with Gasteiger partial charge in [-0.1, -0.05) is 59.5 Å². The van der Waals surface area contributed by atoms with E-state index in [-0.39, 0.29) is 5.37 Å². The van der Waals surface area contributed by atoms with Gasteiger partial charge >= 0.3 is 0 Å². The van der Waals surface area contributed by atoms with Crippen LogP contribution in [0.5, 0.6) is 11.5 Å². The fraction of sp³-hybridized carbons (Fsp3) is 0.185. The number of rotatable bonds is 5. The first-order valence-electron chi connectivity index (χ1n) is 11.5. The average Bonchev–Trinajstić information content (AvgIpc) is 3.47. The Bertz CT molecular complexity index is 1420. The fourth-order valence-electron chi connectivity index (χ4n) is 3.64. The van der Waals surface area contributed by atoms with Crippen LogP contribution in [0.3, 0.4) is 0 Å². The van der Waals surface area contributed by atoms with Gasteiger partial charge in [-0.25, -0.2) is 5.01 Å². The molecule has 1 unspecified atom stereocenters. The number of guanidine groups is 1. The van der Waals surface area contributed by atoms with Crippen LogP contribution in [0.4, 0.5) is 10.8 Å². The molecule has 1 atom stereocenters. The zero-order valence-electron chi connectivity index (χ0n) is 20.5. The van der Waals surface area contributed by atoms with E-state index in [0.29, 0.717) is 11.1 Å². The smallest absolute Gasteiger partial charge is 0.234 e. The van der Waals surface area contributed by atoms with Gasteiger partial charge in [0.1, 0.15) is 21.9 Å². The highest BCUT2D eigenvalue weighted by molar-refractivity contribution is 8.14. The van der Waals surface area contributed by atoms with Gasteiger partial charge in [0.2, 0.25) is 11.1 Å². The van der Waals surface area contributed by atoms with E-state index in [0.717, 1.165) is 32.8 Å². The molecular weight excluding hydrogens is 488 g/mol. The summed E-state index contributed by atoms with van der Waals surface area (Å²) in [6, 6.07) is 24.1. The van der Waals surface area contributed by atoms with Gasteiger partial charge in [-0.2, -0.15) is 10.1 Å². The van der Waals surface area contributed by atoms with Crippen LogP contribution in [0.25, 0.3) is 0 Å². The molecule has 5 rings (SSSR count). The number of aryl methyl sites for hydroxylation is 3. The normalized spacial score (nSPS) is 15.7. The summed E-state index contributed by atoms with van der Waals surface area (Å²) in [5, 5.41) is 20.8. The van der Waals surface area contributed by atoms with E-state index in [1.807, 2.05) is 67.4 Å². The lowest BCUT2D eigenvalue weighted by Crippen LogP contribution is -2.32. The zero-order chi connectivity index (χ0) is 25.1. The quantitative estimate of drug-likeness (QED) is 0.220. The van der Waals surface area contributed by atoms with E-state index in [9.17, 15) is 0 Å². The summed E-state index contributed by atoms with van der Waals surface area (Å²) in [5.41, 5.74) is 4.46. The van der Waals surface area contributed by atoms with E-state index in [1.54, 1.807) is 11.8 Å². The van der Waals surface area contributed by atoms with Gasteiger partial charge in [0, 0.05) is 5.69 Å². The Balaban J connectivity index is 1.45. The van der Waals surface area contributed by atoms with E-state index >= 15 is 0 Å². The number of hydrogen-bond donors (Lipinski definition) is 1. The van der Waals surface area contributed by atoms with Crippen LogP contribution in [0, 0.1) is 20.8 Å². The number of hydrazone groups is 1. The second kappa shape index (κ2) is 10.5. The molecule has 0 saturated heterocycles. The summed E-state index contributed by atoms with van der Waals surface area (Å²) >= 11 is 3.12. The number of anilines is 1. The minimum absolute atomic E-state index is 0.0948. The monoisotopic (exact) mass is 514 g/mol. The minimum atomic E-state index is -0.0948. The third-order valence-electron chi connectivity index (χ3n) is 5.59. The summed E-state index contributed by atoms with van der Waals surface area (Å²) < 4.78 is 5.97. The van der Waals surface area contributed by atoms with Gasteiger partial charge < -0.3 is 10.1 Å². The van der Waals surface area contributed by atoms with E-state index in [2.05, 4.69) is 53.6 Å². The molecule has 2 heterocycles. The molecule has 0 radical (unpaired) electrons. The standard InChI is InChI=1S/C27H26N6OS2/c1-17-10-13-22(16-18(17)2)28-26(29-27-31-30-19(3)36-27)33-25(35-20(4)32-33)21-11-14-24(15-12-21)34-23-8-6-5-7-9-23/h5-16,25H,1-4H3,(H,28,29,31). The highest BCUT2D eigenvalue weighted by Gasteiger charge is 2.31. The number of para-hydroxylation sites is 1. The van der Waals surface area contributed by atoms with E-state index in [1.165, 1.54) is 22.5 Å². The third-order valence-corrected chi connectivity index (χ3v) is 7.44. The van der Waals surface area contributed by atoms with Crippen molar-refractivity contribution in [3.63, 3.8) is 0 Å². The highest BCUT2D eigenvalue weighted by Crippen LogP contribution is 2.40. The molecular formula is C27H26N6OS2. The highest BCUT2D eigenvalue weighted by atomic mass is 32.2. The molecule has 0 saturated carbocycles. The topological polar surface area (TPSA) is 75.0 Å². The molecule has 1 aliphatic heterocycles. The maximum atomic E-state index is 5.97. The van der Waals surface area contributed by atoms with Crippen LogP contribution in [-0.4, -0.2) is 26.2 Å². The SMILES string of the molecule is CC1=NN(/C(=N/c2nnc(C)s2)Nc2ccc(C)c(C)c2)C(c2ccc(Oc3ccccc3)cc2)S1. The second-order valence-corrected chi connectivity index (χ2v) is 10.8. The van der Waals surface area contributed by atoms with Gasteiger partial charge in [0.05, 0.1) is 5.04 Å². The lowest BCUT2D eigenvalue weighted by atomic mass is 10.1. The number of benzene rings is 3. The summed E-state index contributed by atoms with van der Waals surface area (Å²) in [5.74, 6) is 2.18. The van der Waals surface area contributed by atoms with E-state index < -0.39 is 0 Å². The molecule has 0 bridgehead atoms. The number of ether oxygens (including phenoxy) is 1. The Morgan fingerprint density at radius 3 is 2.33 bits per heavy atom. The Kier molecular flexibility index (Phi) is 7.02. The first kappa shape index (κ1) is 24.0. The predicted molar refractivity (Wildman–Crippen MR) is 150 cm³/mol. The van der Waals surface area contributed by atoms with Gasteiger partial charge in [-0.3, -0.25) is 0 Å². The van der Waals surface area contributed by atoms with Gasteiger partial charge in [0.25, 0.3) is 0 Å². The van der Waals surface area contributed by atoms with Crippen LogP contribution < -0.4 is 10.1 Å². The lowest BCUT2D eigenvalue weighted by Gasteiger charge is -2.25. The Morgan fingerprint density at radius 1 is 0.889 bits per heavy atom. The lowest BCUT2D eigenvalue weighted by molar-refractivity contribution is 0.437. The maximum absolute atomic E-state index is 5.97. The molecule has 0 spiro atoms. The van der Waals surface area contributed by atoms with Crippen molar-refractivity contribution in [2.24, 2.45) is 10.1 Å². The number of thioether (sulfide) groups is 1. The van der Waals surface area contributed by atoms with Gasteiger partial charge in [-0.05, 0) is 80.8 Å². The van der Waals surface area contributed by atoms with Crippen molar-refractivity contribution < 1.29 is 4.74 Å². The van der Waals surface area contributed by atoms with Crippen molar-refractivity contribution in [3.05, 3.63) is 94.5 Å². The molecule has 0 amide bonds. The van der Waals surface area contributed by atoms with Crippen LogP contribution in [-0.2, 0) is 0 Å². The first-order valence-corrected chi connectivity index (χ1v) is 13.2. The molecule has 0 aliphatic carbocycles. The van der Waals surface area contributed by atoms with Crippen LogP contribution in [0.1, 0.15) is 34.0 Å². The summed E-state index contributed by atoms with van der Waals surface area (Å²) in [6.45, 7) is 8.13. The Morgan fingerprint density at radius 2 is 1.64 bits per heavy atom. The fourth-order valence-corrected chi connectivity index (χ4v) is 5.20. The van der Waals surface area contributed by atoms with Crippen molar-refractivity contribution in [2.75, 3.05) is 5.32 Å². The number of hydrogen-bond acceptors (Lipinski definition) is 7. The molecule has 182 valence electrons. The molecule has 7 nitrogen and oxygen atoms in total. The van der Waals surface area contributed by atoms with Crippen LogP contribution in [0.15, 0.2) is 82.9 Å². The minimum Gasteiger partial charge on any atom is -0.457 e. The van der Waals surface area contributed by atoms with Crippen LogP contribution >= 0.6 is 23.1 Å². The number of nitrogens with zero attached hydrogens (tertiary/aromatic N) is 5. The first-order chi connectivity index (χ1) is 17.4. The summed E-state index contributed by atoms with van der Waals surface area (Å²) in [7, 11) is 0. The number of aliphatic imine (C=N–C) groups is 1. The molecule has 1 N–H and O–H groups in total. The molecule has 9 heteroatoms. The number of nitrogens with one attached hydrogen (secondary N) is 1. The third kappa shape index (κ3) is 5.58. The Labute approximate surface area is 219 Å². The van der Waals surface area contributed by atoms with Crippen LogP contribution in [0.2, 0.25) is 0 Å². The van der Waals surface area contributed by atoms with Crippen molar-refractivity contribution in [1.29, 1.82) is 0 Å². The predicted octanol–water partition coefficient (Wildman–Crippen LogP) is 7.44. The average molecular weight is 515 g/mol. The molecule has 36 heavy (non-hydrogen) atoms. The Hall–Kier alpha value is -3.69.